The Morgan fingerprint density at radius 2 is 1.78 bits per heavy atom. The summed E-state index contributed by atoms with van der Waals surface area (Å²) in [6.45, 7) is 17.2. The molecule has 0 aromatic rings. The molecule has 0 radical (unpaired) electrons. The summed E-state index contributed by atoms with van der Waals surface area (Å²) in [6.07, 6.45) is 2.92. The zero-order valence-corrected chi connectivity index (χ0v) is 15.6. The van der Waals surface area contributed by atoms with E-state index in [0.717, 1.165) is 19.4 Å². The molecule has 0 aromatic carbocycles. The van der Waals surface area contributed by atoms with Crippen LogP contribution in [0.1, 0.15) is 54.4 Å². The number of rotatable bonds is 8. The van der Waals surface area contributed by atoms with Crippen molar-refractivity contribution >= 4 is 12.1 Å². The fourth-order valence-corrected chi connectivity index (χ4v) is 1.95. The van der Waals surface area contributed by atoms with Crippen LogP contribution in [0.2, 0.25) is 0 Å². The molecule has 0 rings (SSSR count). The van der Waals surface area contributed by atoms with Crippen molar-refractivity contribution in [3.05, 3.63) is 12.7 Å². The van der Waals surface area contributed by atoms with Crippen molar-refractivity contribution in [2.45, 2.75) is 65.5 Å². The van der Waals surface area contributed by atoms with E-state index in [0.29, 0.717) is 19.0 Å². The SMILES string of the molecule is C=CCNC(=NCC(CC)(CC)NC(=O)OC(C)(C)C)NCC. The molecule has 3 N–H and O–H groups in total. The fraction of sp³-hybridized carbons (Fsp3) is 0.765. The molecule has 0 bridgehead atoms. The predicted octanol–water partition coefficient (Wildman–Crippen LogP) is 2.81. The zero-order chi connectivity index (χ0) is 17.9. The van der Waals surface area contributed by atoms with Crippen LogP contribution in [-0.2, 0) is 4.74 Å². The summed E-state index contributed by atoms with van der Waals surface area (Å²) < 4.78 is 5.37. The molecule has 0 unspecified atom stereocenters. The summed E-state index contributed by atoms with van der Waals surface area (Å²) in [4.78, 5) is 16.7. The lowest BCUT2D eigenvalue weighted by molar-refractivity contribution is 0.0452. The Morgan fingerprint density at radius 3 is 2.22 bits per heavy atom. The second-order valence-electron chi connectivity index (χ2n) is 6.48. The van der Waals surface area contributed by atoms with Crippen LogP contribution in [0.4, 0.5) is 4.79 Å². The van der Waals surface area contributed by atoms with Gasteiger partial charge in [-0.15, -0.1) is 6.58 Å². The van der Waals surface area contributed by atoms with Gasteiger partial charge in [0.1, 0.15) is 5.60 Å². The van der Waals surface area contributed by atoms with E-state index in [-0.39, 0.29) is 0 Å². The van der Waals surface area contributed by atoms with E-state index in [2.05, 4.69) is 27.5 Å². The maximum absolute atomic E-state index is 12.1. The second-order valence-corrected chi connectivity index (χ2v) is 6.48. The number of guanidine groups is 1. The van der Waals surface area contributed by atoms with E-state index in [9.17, 15) is 4.79 Å². The number of carbonyl (C=O) groups is 1. The number of nitrogens with zero attached hydrogens (tertiary/aromatic N) is 1. The van der Waals surface area contributed by atoms with Crippen molar-refractivity contribution in [1.29, 1.82) is 0 Å². The predicted molar refractivity (Wildman–Crippen MR) is 96.9 cm³/mol. The van der Waals surface area contributed by atoms with Crippen molar-refractivity contribution in [1.82, 2.24) is 16.0 Å². The molecular weight excluding hydrogens is 292 g/mol. The molecule has 0 atom stereocenters. The van der Waals surface area contributed by atoms with Gasteiger partial charge in [0, 0.05) is 13.1 Å². The maximum atomic E-state index is 12.1. The molecule has 0 saturated heterocycles. The molecule has 0 aliphatic heterocycles. The van der Waals surface area contributed by atoms with Gasteiger partial charge in [0.2, 0.25) is 0 Å². The van der Waals surface area contributed by atoms with Crippen molar-refractivity contribution in [2.24, 2.45) is 4.99 Å². The minimum atomic E-state index is -0.513. The van der Waals surface area contributed by atoms with Crippen LogP contribution in [0, 0.1) is 0 Å². The highest BCUT2D eigenvalue weighted by molar-refractivity contribution is 5.80. The van der Waals surface area contributed by atoms with Gasteiger partial charge in [0.25, 0.3) is 0 Å². The van der Waals surface area contributed by atoms with E-state index >= 15 is 0 Å². The normalized spacial score (nSPS) is 12.5. The van der Waals surface area contributed by atoms with Crippen LogP contribution in [0.3, 0.4) is 0 Å². The summed E-state index contributed by atoms with van der Waals surface area (Å²) >= 11 is 0. The van der Waals surface area contributed by atoms with Crippen LogP contribution in [0.5, 0.6) is 0 Å². The highest BCUT2D eigenvalue weighted by Crippen LogP contribution is 2.17. The Hall–Kier alpha value is -1.72. The van der Waals surface area contributed by atoms with Gasteiger partial charge in [-0.05, 0) is 40.5 Å². The van der Waals surface area contributed by atoms with Crippen molar-refractivity contribution in [2.75, 3.05) is 19.6 Å². The molecule has 0 aliphatic carbocycles. The van der Waals surface area contributed by atoms with E-state index in [1.54, 1.807) is 6.08 Å². The maximum Gasteiger partial charge on any atom is 0.408 e. The summed E-state index contributed by atoms with van der Waals surface area (Å²) in [5, 5.41) is 9.33. The molecule has 0 spiro atoms. The Balaban J connectivity index is 4.98. The first-order valence-corrected chi connectivity index (χ1v) is 8.36. The average Bonchev–Trinajstić information content (AvgIpc) is 2.46. The van der Waals surface area contributed by atoms with Gasteiger partial charge < -0.3 is 20.7 Å². The highest BCUT2D eigenvalue weighted by Gasteiger charge is 2.30. The molecule has 6 heteroatoms. The third-order valence-corrected chi connectivity index (χ3v) is 3.42. The molecule has 0 saturated carbocycles. The van der Waals surface area contributed by atoms with Gasteiger partial charge >= 0.3 is 6.09 Å². The Kier molecular flexibility index (Phi) is 9.37. The second kappa shape index (κ2) is 10.1. The molecule has 1 amide bonds. The fourth-order valence-electron chi connectivity index (χ4n) is 1.95. The monoisotopic (exact) mass is 326 g/mol. The Labute approximate surface area is 141 Å². The minimum absolute atomic E-state index is 0.402. The van der Waals surface area contributed by atoms with Crippen LogP contribution >= 0.6 is 0 Å². The van der Waals surface area contributed by atoms with Gasteiger partial charge in [-0.2, -0.15) is 0 Å². The Bertz CT molecular complexity index is 396. The highest BCUT2D eigenvalue weighted by atomic mass is 16.6. The van der Waals surface area contributed by atoms with Crippen molar-refractivity contribution in [3.8, 4) is 0 Å². The van der Waals surface area contributed by atoms with Crippen molar-refractivity contribution in [3.63, 3.8) is 0 Å². The first kappa shape index (κ1) is 21.3. The smallest absolute Gasteiger partial charge is 0.408 e. The lowest BCUT2D eigenvalue weighted by atomic mass is 9.93. The van der Waals surface area contributed by atoms with Gasteiger partial charge in [0.15, 0.2) is 5.96 Å². The van der Waals surface area contributed by atoms with E-state index in [1.807, 2.05) is 41.5 Å². The van der Waals surface area contributed by atoms with Crippen LogP contribution in [0.15, 0.2) is 17.6 Å². The summed E-state index contributed by atoms with van der Waals surface area (Å²) in [6, 6.07) is 0. The summed E-state index contributed by atoms with van der Waals surface area (Å²) in [5.41, 5.74) is -0.931. The van der Waals surface area contributed by atoms with Crippen LogP contribution in [-0.4, -0.2) is 42.8 Å². The van der Waals surface area contributed by atoms with E-state index < -0.39 is 17.2 Å². The third-order valence-electron chi connectivity index (χ3n) is 3.42. The number of nitrogens with one attached hydrogen (secondary N) is 3. The lowest BCUT2D eigenvalue weighted by Crippen LogP contribution is -2.52. The van der Waals surface area contributed by atoms with Crippen LogP contribution in [0.25, 0.3) is 0 Å². The van der Waals surface area contributed by atoms with Crippen molar-refractivity contribution < 1.29 is 9.53 Å². The number of hydrogen-bond donors (Lipinski definition) is 3. The topological polar surface area (TPSA) is 74.8 Å². The first-order chi connectivity index (χ1) is 10.7. The molecule has 0 aliphatic rings. The minimum Gasteiger partial charge on any atom is -0.444 e. The molecule has 0 heterocycles. The molecule has 0 aromatic heterocycles. The largest absolute Gasteiger partial charge is 0.444 e. The quantitative estimate of drug-likeness (QED) is 0.364. The number of hydrogen-bond acceptors (Lipinski definition) is 3. The van der Waals surface area contributed by atoms with Gasteiger partial charge in [-0.1, -0.05) is 19.9 Å². The van der Waals surface area contributed by atoms with Gasteiger partial charge in [-0.25, -0.2) is 4.79 Å². The van der Waals surface area contributed by atoms with E-state index in [4.69, 9.17) is 4.74 Å². The zero-order valence-electron chi connectivity index (χ0n) is 15.6. The number of amides is 1. The molecule has 134 valence electrons. The Morgan fingerprint density at radius 1 is 1.17 bits per heavy atom. The number of aliphatic imine (C=N–C) groups is 1. The summed E-state index contributed by atoms with van der Waals surface area (Å²) in [7, 11) is 0. The molecule has 23 heavy (non-hydrogen) atoms. The molecular formula is C17H34N4O2. The number of alkyl carbamates (subject to hydrolysis) is 1. The average molecular weight is 326 g/mol. The molecule has 6 nitrogen and oxygen atoms in total. The number of carbonyl (C=O) groups excluding carboxylic acids is 1. The summed E-state index contributed by atoms with van der Waals surface area (Å²) in [5.74, 6) is 0.713. The third kappa shape index (κ3) is 9.11. The van der Waals surface area contributed by atoms with E-state index in [1.165, 1.54) is 0 Å². The molecule has 0 fully saturated rings. The first-order valence-electron chi connectivity index (χ1n) is 8.36. The lowest BCUT2D eigenvalue weighted by Gasteiger charge is -2.32. The standard InChI is InChI=1S/C17H34N4O2/c1-8-12-19-14(18-11-4)20-13-17(9-2,10-3)21-15(22)23-16(5,6)7/h8H,1,9-13H2,2-7H3,(H,21,22)(H2,18,19,20). The van der Waals surface area contributed by atoms with Gasteiger partial charge in [-0.3, -0.25) is 4.99 Å². The van der Waals surface area contributed by atoms with Gasteiger partial charge in [0.05, 0.1) is 12.1 Å². The van der Waals surface area contributed by atoms with Crippen LogP contribution < -0.4 is 16.0 Å². The number of ether oxygens (including phenoxy) is 1.